The van der Waals surface area contributed by atoms with Crippen LogP contribution in [-0.4, -0.2) is 35.4 Å². The Hall–Kier alpha value is -2.25. The van der Waals surface area contributed by atoms with E-state index >= 15 is 0 Å². The minimum Gasteiger partial charge on any atom is -0.370 e. The molecule has 2 aromatic carbocycles. The van der Waals surface area contributed by atoms with Gasteiger partial charge in [-0.2, -0.15) is 11.8 Å². The lowest BCUT2D eigenvalue weighted by molar-refractivity contribution is -0.384. The minimum atomic E-state index is -0.545. The van der Waals surface area contributed by atoms with E-state index < -0.39 is 4.92 Å². The maximum absolute atomic E-state index is 12.3. The van der Waals surface area contributed by atoms with Gasteiger partial charge in [0.15, 0.2) is 0 Å². The van der Waals surface area contributed by atoms with Gasteiger partial charge in [-0.15, -0.1) is 0 Å². The van der Waals surface area contributed by atoms with Gasteiger partial charge in [-0.25, -0.2) is 0 Å². The fourth-order valence-corrected chi connectivity index (χ4v) is 3.89. The molecule has 1 N–H and O–H groups in total. The summed E-state index contributed by atoms with van der Waals surface area (Å²) in [5.74, 6) is 1.93. The van der Waals surface area contributed by atoms with Crippen LogP contribution in [0.2, 0.25) is 5.02 Å². The summed E-state index contributed by atoms with van der Waals surface area (Å²) in [6.45, 7) is 2.47. The largest absolute Gasteiger partial charge is 0.370 e. The fourth-order valence-electron chi connectivity index (χ4n) is 2.73. The molecule has 0 aromatic heterocycles. The van der Waals surface area contributed by atoms with E-state index in [1.54, 1.807) is 0 Å². The van der Waals surface area contributed by atoms with Crippen LogP contribution in [0.5, 0.6) is 0 Å². The van der Waals surface area contributed by atoms with Gasteiger partial charge >= 0.3 is 0 Å². The molecule has 6 nitrogen and oxygen atoms in total. The number of hydrogen-bond acceptors (Lipinski definition) is 5. The summed E-state index contributed by atoms with van der Waals surface area (Å²) >= 11 is 7.96. The fraction of sp³-hybridized carbons (Fsp3) is 0.278. The molecule has 1 heterocycles. The smallest absolute Gasteiger partial charge is 0.270 e. The zero-order valence-corrected chi connectivity index (χ0v) is 15.6. The number of carbonyl (C=O) groups excluding carboxylic acids is 1. The van der Waals surface area contributed by atoms with Gasteiger partial charge in [-0.05, 0) is 23.8 Å². The molecule has 3 rings (SSSR count). The molecule has 0 aliphatic carbocycles. The second-order valence-corrected chi connectivity index (χ2v) is 7.50. The number of benzene rings is 2. The Balaban J connectivity index is 1.60. The third-order valence-corrected chi connectivity index (χ3v) is 5.43. The average Bonchev–Trinajstić information content (AvgIpc) is 2.67. The van der Waals surface area contributed by atoms with Crippen molar-refractivity contribution in [1.82, 2.24) is 5.32 Å². The molecule has 0 radical (unpaired) electrons. The minimum absolute atomic E-state index is 0.0648. The van der Waals surface area contributed by atoms with E-state index in [-0.39, 0.29) is 22.2 Å². The van der Waals surface area contributed by atoms with Crippen molar-refractivity contribution >= 4 is 40.6 Å². The number of hydrogen-bond donors (Lipinski definition) is 1. The summed E-state index contributed by atoms with van der Waals surface area (Å²) in [6.07, 6.45) is 0. The molecule has 8 heteroatoms. The third kappa shape index (κ3) is 4.47. The molecule has 0 unspecified atom stereocenters. The van der Waals surface area contributed by atoms with Gasteiger partial charge in [0, 0.05) is 49.0 Å². The number of non-ortho nitro benzene ring substituents is 1. The van der Waals surface area contributed by atoms with Gasteiger partial charge < -0.3 is 10.2 Å². The maximum atomic E-state index is 12.3. The highest BCUT2D eigenvalue weighted by Gasteiger charge is 2.15. The van der Waals surface area contributed by atoms with E-state index in [0.29, 0.717) is 6.54 Å². The first-order valence-electron chi connectivity index (χ1n) is 8.18. The van der Waals surface area contributed by atoms with Crippen molar-refractivity contribution < 1.29 is 9.72 Å². The highest BCUT2D eigenvalue weighted by Crippen LogP contribution is 2.23. The summed E-state index contributed by atoms with van der Waals surface area (Å²) in [5, 5.41) is 13.6. The van der Waals surface area contributed by atoms with Crippen LogP contribution in [0.4, 0.5) is 11.4 Å². The SMILES string of the molecule is O=C(NCc1ccc(N2CCSCC2)cc1)c1ccc([N+](=O)[O-])cc1Cl. The third-order valence-electron chi connectivity index (χ3n) is 4.17. The van der Waals surface area contributed by atoms with Crippen LogP contribution in [0.3, 0.4) is 0 Å². The van der Waals surface area contributed by atoms with Gasteiger partial charge in [-0.1, -0.05) is 23.7 Å². The van der Waals surface area contributed by atoms with Gasteiger partial charge in [-0.3, -0.25) is 14.9 Å². The Bertz CT molecular complexity index is 808. The zero-order chi connectivity index (χ0) is 18.5. The second kappa shape index (κ2) is 8.42. The van der Waals surface area contributed by atoms with Crippen LogP contribution in [-0.2, 0) is 6.54 Å². The number of thioether (sulfide) groups is 1. The topological polar surface area (TPSA) is 75.5 Å². The standard InChI is InChI=1S/C18H18ClN3O3S/c19-17-11-15(22(24)25)5-6-16(17)18(23)20-12-13-1-3-14(4-2-13)21-7-9-26-10-8-21/h1-6,11H,7-10,12H2,(H,20,23). The van der Waals surface area contributed by atoms with Gasteiger partial charge in [0.05, 0.1) is 15.5 Å². The summed E-state index contributed by atoms with van der Waals surface area (Å²) in [6, 6.07) is 11.9. The average molecular weight is 392 g/mol. The van der Waals surface area contributed by atoms with E-state index in [9.17, 15) is 14.9 Å². The number of anilines is 1. The number of carbonyl (C=O) groups is 1. The lowest BCUT2D eigenvalue weighted by Crippen LogP contribution is -2.32. The number of nitrogens with one attached hydrogen (secondary N) is 1. The highest BCUT2D eigenvalue weighted by atomic mass is 35.5. The van der Waals surface area contributed by atoms with Crippen LogP contribution >= 0.6 is 23.4 Å². The van der Waals surface area contributed by atoms with Gasteiger partial charge in [0.1, 0.15) is 0 Å². The van der Waals surface area contributed by atoms with Crippen molar-refractivity contribution in [2.45, 2.75) is 6.54 Å². The summed E-state index contributed by atoms with van der Waals surface area (Å²) in [7, 11) is 0. The molecule has 1 amide bonds. The van der Waals surface area contributed by atoms with Gasteiger partial charge in [0.2, 0.25) is 0 Å². The molecule has 0 spiro atoms. The quantitative estimate of drug-likeness (QED) is 0.620. The number of nitrogens with zero attached hydrogens (tertiary/aromatic N) is 2. The predicted molar refractivity (Wildman–Crippen MR) is 105 cm³/mol. The Labute approximate surface area is 160 Å². The molecule has 0 saturated carbocycles. The van der Waals surface area contributed by atoms with Crippen LogP contribution in [0, 0.1) is 10.1 Å². The van der Waals surface area contributed by atoms with Gasteiger partial charge in [0.25, 0.3) is 11.6 Å². The summed E-state index contributed by atoms with van der Waals surface area (Å²) < 4.78 is 0. The molecule has 0 bridgehead atoms. The molecule has 2 aromatic rings. The Morgan fingerprint density at radius 3 is 2.50 bits per heavy atom. The highest BCUT2D eigenvalue weighted by molar-refractivity contribution is 7.99. The van der Waals surface area contributed by atoms with Crippen LogP contribution in [0.15, 0.2) is 42.5 Å². The Morgan fingerprint density at radius 2 is 1.88 bits per heavy atom. The van der Waals surface area contributed by atoms with Crippen molar-refractivity contribution in [2.24, 2.45) is 0 Å². The van der Waals surface area contributed by atoms with E-state index in [0.717, 1.165) is 30.2 Å². The zero-order valence-electron chi connectivity index (χ0n) is 14.0. The van der Waals surface area contributed by atoms with Crippen molar-refractivity contribution in [3.8, 4) is 0 Å². The van der Waals surface area contributed by atoms with Crippen LogP contribution in [0.1, 0.15) is 15.9 Å². The number of halogens is 1. The second-order valence-electron chi connectivity index (χ2n) is 5.87. The molecule has 1 aliphatic heterocycles. The van der Waals surface area contributed by atoms with E-state index in [2.05, 4.69) is 22.3 Å². The first-order valence-corrected chi connectivity index (χ1v) is 9.71. The molecule has 136 valence electrons. The predicted octanol–water partition coefficient (Wildman–Crippen LogP) is 3.73. The molecule has 0 atom stereocenters. The van der Waals surface area contributed by atoms with Crippen molar-refractivity contribution in [3.63, 3.8) is 0 Å². The van der Waals surface area contributed by atoms with Crippen molar-refractivity contribution in [3.05, 3.63) is 68.7 Å². The monoisotopic (exact) mass is 391 g/mol. The normalized spacial score (nSPS) is 14.1. The number of nitro benzene ring substituents is 1. The van der Waals surface area contributed by atoms with Crippen LogP contribution < -0.4 is 10.2 Å². The van der Waals surface area contributed by atoms with E-state index in [4.69, 9.17) is 11.6 Å². The molecular formula is C18H18ClN3O3S. The first-order chi connectivity index (χ1) is 12.5. The summed E-state index contributed by atoms with van der Waals surface area (Å²) in [5.41, 5.74) is 2.25. The van der Waals surface area contributed by atoms with Crippen molar-refractivity contribution in [1.29, 1.82) is 0 Å². The molecule has 1 saturated heterocycles. The van der Waals surface area contributed by atoms with Crippen LogP contribution in [0.25, 0.3) is 0 Å². The molecule has 1 fully saturated rings. The molecule has 1 aliphatic rings. The first kappa shape index (κ1) is 18.5. The number of amides is 1. The number of nitro groups is 1. The van der Waals surface area contributed by atoms with Crippen molar-refractivity contribution in [2.75, 3.05) is 29.5 Å². The Kier molecular flexibility index (Phi) is 6.00. The Morgan fingerprint density at radius 1 is 1.19 bits per heavy atom. The molecule has 26 heavy (non-hydrogen) atoms. The van der Waals surface area contributed by atoms with E-state index in [1.807, 2.05) is 23.9 Å². The van der Waals surface area contributed by atoms with E-state index in [1.165, 1.54) is 23.9 Å². The lowest BCUT2D eigenvalue weighted by atomic mass is 10.1. The summed E-state index contributed by atoms with van der Waals surface area (Å²) in [4.78, 5) is 24.8. The lowest BCUT2D eigenvalue weighted by Gasteiger charge is -2.28. The molecular weight excluding hydrogens is 374 g/mol. The number of rotatable bonds is 5. The maximum Gasteiger partial charge on any atom is 0.270 e.